The number of hydrogen-bond acceptors (Lipinski definition) is 3. The van der Waals surface area contributed by atoms with E-state index in [2.05, 4.69) is 12.2 Å². The van der Waals surface area contributed by atoms with Crippen molar-refractivity contribution in [3.05, 3.63) is 0 Å². The van der Waals surface area contributed by atoms with E-state index in [1.54, 1.807) is 0 Å². The fraction of sp³-hybridized carbons (Fsp3) is 0.800. The van der Waals surface area contributed by atoms with Crippen LogP contribution in [0.4, 0.5) is 0 Å². The third kappa shape index (κ3) is 7.93. The van der Waals surface area contributed by atoms with Crippen LogP contribution in [0.15, 0.2) is 0 Å². The van der Waals surface area contributed by atoms with Crippen molar-refractivity contribution >= 4 is 11.9 Å². The fourth-order valence-electron chi connectivity index (χ4n) is 1.00. The highest BCUT2D eigenvalue weighted by Gasteiger charge is 2.13. The molecular weight excluding hydrogens is 198 g/mol. The maximum absolute atomic E-state index is 11.3. The predicted molar refractivity (Wildman–Crippen MR) is 55.6 cm³/mol. The number of carboxylic acid groups (broad SMARTS) is 1. The lowest BCUT2D eigenvalue weighted by molar-refractivity contribution is -0.147. The summed E-state index contributed by atoms with van der Waals surface area (Å²) in [6.07, 6.45) is 2.40. The highest BCUT2D eigenvalue weighted by Crippen LogP contribution is 1.94. The first-order valence-electron chi connectivity index (χ1n) is 5.19. The van der Waals surface area contributed by atoms with Gasteiger partial charge < -0.3 is 15.2 Å². The van der Waals surface area contributed by atoms with Gasteiger partial charge in [0.25, 0.3) is 0 Å². The Morgan fingerprint density at radius 1 is 1.40 bits per heavy atom. The van der Waals surface area contributed by atoms with Crippen molar-refractivity contribution in [3.63, 3.8) is 0 Å². The number of aliphatic carboxylic acids is 1. The van der Waals surface area contributed by atoms with E-state index >= 15 is 0 Å². The second kappa shape index (κ2) is 8.23. The van der Waals surface area contributed by atoms with Gasteiger partial charge in [0.15, 0.2) is 0 Å². The molecule has 0 bridgehead atoms. The molecule has 88 valence electrons. The Labute approximate surface area is 89.8 Å². The average Bonchev–Trinajstić information content (AvgIpc) is 2.20. The highest BCUT2D eigenvalue weighted by atomic mass is 16.5. The van der Waals surface area contributed by atoms with Crippen LogP contribution >= 0.6 is 0 Å². The molecule has 0 heterocycles. The summed E-state index contributed by atoms with van der Waals surface area (Å²) in [6, 6.07) is 0. The van der Waals surface area contributed by atoms with E-state index in [1.807, 2.05) is 0 Å². The van der Waals surface area contributed by atoms with Crippen LogP contribution < -0.4 is 5.32 Å². The Bertz CT molecular complexity index is 206. The summed E-state index contributed by atoms with van der Waals surface area (Å²) in [5, 5.41) is 11.0. The average molecular weight is 217 g/mol. The monoisotopic (exact) mass is 217 g/mol. The quantitative estimate of drug-likeness (QED) is 0.589. The molecule has 0 aromatic heterocycles. The second-order valence-corrected chi connectivity index (χ2v) is 3.35. The number of unbranched alkanes of at least 4 members (excludes halogenated alkanes) is 2. The van der Waals surface area contributed by atoms with Crippen LogP contribution in [0.1, 0.15) is 33.1 Å². The van der Waals surface area contributed by atoms with E-state index in [4.69, 9.17) is 9.84 Å². The normalized spacial score (nSPS) is 12.1. The van der Waals surface area contributed by atoms with Gasteiger partial charge in [0, 0.05) is 6.54 Å². The standard InChI is InChI=1S/C10H19NO4/c1-3-4-5-6-11-10(14)8(2)15-7-9(12)13/h8H,3-7H2,1-2H3,(H,11,14)(H,12,13). The Morgan fingerprint density at radius 2 is 2.07 bits per heavy atom. The molecule has 0 fully saturated rings. The summed E-state index contributed by atoms with van der Waals surface area (Å²) >= 11 is 0. The molecule has 15 heavy (non-hydrogen) atoms. The minimum absolute atomic E-state index is 0.257. The van der Waals surface area contributed by atoms with Crippen molar-refractivity contribution in [1.82, 2.24) is 5.32 Å². The molecule has 0 aromatic rings. The zero-order chi connectivity index (χ0) is 11.7. The number of nitrogens with one attached hydrogen (secondary N) is 1. The van der Waals surface area contributed by atoms with Crippen molar-refractivity contribution in [1.29, 1.82) is 0 Å². The molecule has 0 aromatic carbocycles. The topological polar surface area (TPSA) is 75.6 Å². The minimum Gasteiger partial charge on any atom is -0.480 e. The molecule has 0 aliphatic carbocycles. The van der Waals surface area contributed by atoms with Crippen LogP contribution in [0.25, 0.3) is 0 Å². The van der Waals surface area contributed by atoms with E-state index in [9.17, 15) is 9.59 Å². The van der Waals surface area contributed by atoms with E-state index in [1.165, 1.54) is 6.92 Å². The summed E-state index contributed by atoms with van der Waals surface area (Å²) in [4.78, 5) is 21.5. The molecule has 1 atom stereocenters. The number of hydrogen-bond donors (Lipinski definition) is 2. The lowest BCUT2D eigenvalue weighted by Gasteiger charge is -2.11. The lowest BCUT2D eigenvalue weighted by Crippen LogP contribution is -2.36. The van der Waals surface area contributed by atoms with E-state index in [0.717, 1.165) is 19.3 Å². The molecule has 0 spiro atoms. The summed E-state index contributed by atoms with van der Waals surface area (Å²) in [5.41, 5.74) is 0. The maximum Gasteiger partial charge on any atom is 0.329 e. The van der Waals surface area contributed by atoms with Crippen LogP contribution in [-0.4, -0.2) is 36.2 Å². The molecular formula is C10H19NO4. The van der Waals surface area contributed by atoms with Gasteiger partial charge in [-0.25, -0.2) is 4.79 Å². The molecule has 0 saturated heterocycles. The van der Waals surface area contributed by atoms with Crippen LogP contribution in [0.5, 0.6) is 0 Å². The molecule has 0 saturated carbocycles. The van der Waals surface area contributed by atoms with Gasteiger partial charge in [-0.2, -0.15) is 0 Å². The van der Waals surface area contributed by atoms with E-state index in [0.29, 0.717) is 6.54 Å². The minimum atomic E-state index is -1.07. The van der Waals surface area contributed by atoms with Crippen molar-refractivity contribution in [2.75, 3.05) is 13.2 Å². The SMILES string of the molecule is CCCCCNC(=O)C(C)OCC(=O)O. The molecule has 0 aliphatic rings. The van der Waals surface area contributed by atoms with Gasteiger partial charge in [0.2, 0.25) is 5.91 Å². The van der Waals surface area contributed by atoms with Crippen molar-refractivity contribution in [2.45, 2.75) is 39.2 Å². The molecule has 0 rings (SSSR count). The van der Waals surface area contributed by atoms with Gasteiger partial charge in [-0.3, -0.25) is 4.79 Å². The zero-order valence-electron chi connectivity index (χ0n) is 9.28. The smallest absolute Gasteiger partial charge is 0.329 e. The van der Waals surface area contributed by atoms with E-state index < -0.39 is 18.7 Å². The van der Waals surface area contributed by atoms with Crippen LogP contribution in [0.3, 0.4) is 0 Å². The van der Waals surface area contributed by atoms with Gasteiger partial charge >= 0.3 is 5.97 Å². The number of rotatable bonds is 8. The largest absolute Gasteiger partial charge is 0.480 e. The maximum atomic E-state index is 11.3. The van der Waals surface area contributed by atoms with Crippen molar-refractivity contribution in [2.24, 2.45) is 0 Å². The summed E-state index contributed by atoms with van der Waals surface area (Å²) in [5.74, 6) is -1.33. The molecule has 1 unspecified atom stereocenters. The third-order valence-corrected chi connectivity index (χ3v) is 1.91. The Kier molecular flexibility index (Phi) is 7.62. The molecule has 2 N–H and O–H groups in total. The first-order valence-corrected chi connectivity index (χ1v) is 5.19. The second-order valence-electron chi connectivity index (χ2n) is 3.35. The van der Waals surface area contributed by atoms with Gasteiger partial charge in [-0.1, -0.05) is 19.8 Å². The first-order chi connectivity index (χ1) is 7.07. The number of carboxylic acids is 1. The Hall–Kier alpha value is -1.10. The van der Waals surface area contributed by atoms with Gasteiger partial charge in [-0.05, 0) is 13.3 Å². The molecule has 5 heteroatoms. The fourth-order valence-corrected chi connectivity index (χ4v) is 1.00. The lowest BCUT2D eigenvalue weighted by atomic mass is 10.2. The number of carbonyl (C=O) groups excluding carboxylic acids is 1. The predicted octanol–water partition coefficient (Wildman–Crippen LogP) is 0.782. The van der Waals surface area contributed by atoms with Crippen LogP contribution in [0, 0.1) is 0 Å². The number of carbonyl (C=O) groups is 2. The van der Waals surface area contributed by atoms with Crippen molar-refractivity contribution < 1.29 is 19.4 Å². The Balaban J connectivity index is 3.55. The number of ether oxygens (including phenoxy) is 1. The van der Waals surface area contributed by atoms with Crippen LogP contribution in [-0.2, 0) is 14.3 Å². The summed E-state index contributed by atoms with van der Waals surface area (Å²) < 4.78 is 4.81. The van der Waals surface area contributed by atoms with Gasteiger partial charge in [0.1, 0.15) is 12.7 Å². The summed E-state index contributed by atoms with van der Waals surface area (Å²) in [6.45, 7) is 3.80. The van der Waals surface area contributed by atoms with Gasteiger partial charge in [-0.15, -0.1) is 0 Å². The molecule has 0 radical (unpaired) electrons. The highest BCUT2D eigenvalue weighted by molar-refractivity contribution is 5.80. The third-order valence-electron chi connectivity index (χ3n) is 1.91. The van der Waals surface area contributed by atoms with Crippen molar-refractivity contribution in [3.8, 4) is 0 Å². The van der Waals surface area contributed by atoms with Gasteiger partial charge in [0.05, 0.1) is 0 Å². The number of amides is 1. The molecule has 0 aliphatic heterocycles. The molecule has 5 nitrogen and oxygen atoms in total. The zero-order valence-corrected chi connectivity index (χ0v) is 9.28. The first kappa shape index (κ1) is 13.9. The van der Waals surface area contributed by atoms with E-state index in [-0.39, 0.29) is 5.91 Å². The van der Waals surface area contributed by atoms with Crippen LogP contribution in [0.2, 0.25) is 0 Å². The Morgan fingerprint density at radius 3 is 2.60 bits per heavy atom. The molecule has 1 amide bonds. The summed E-state index contributed by atoms with van der Waals surface area (Å²) in [7, 11) is 0.